The highest BCUT2D eigenvalue weighted by molar-refractivity contribution is 5.89. The van der Waals surface area contributed by atoms with Crippen molar-refractivity contribution in [3.05, 3.63) is 65.0 Å². The van der Waals surface area contributed by atoms with Crippen molar-refractivity contribution in [2.45, 2.75) is 46.0 Å². The predicted octanol–water partition coefficient (Wildman–Crippen LogP) is 4.22. The Morgan fingerprint density at radius 1 is 1.17 bits per heavy atom. The molecule has 0 spiro atoms. The third-order valence-electron chi connectivity index (χ3n) is 4.54. The summed E-state index contributed by atoms with van der Waals surface area (Å²) in [4.78, 5) is 28.1. The van der Waals surface area contributed by atoms with E-state index in [0.29, 0.717) is 23.4 Å². The van der Waals surface area contributed by atoms with Gasteiger partial charge in [-0.1, -0.05) is 44.5 Å². The number of carboxylic acid groups (broad SMARTS) is 1. The molecule has 1 aromatic carbocycles. The summed E-state index contributed by atoms with van der Waals surface area (Å²) in [6.45, 7) is 3.75. The summed E-state index contributed by atoms with van der Waals surface area (Å²) in [6.07, 6.45) is 4.25. The third-order valence-corrected chi connectivity index (χ3v) is 4.54. The average Bonchev–Trinajstić information content (AvgIpc) is 2.75. The molecule has 1 amide bonds. The van der Waals surface area contributed by atoms with Gasteiger partial charge < -0.3 is 10.4 Å². The summed E-state index contributed by atoms with van der Waals surface area (Å²) in [5.74, 6) is -1.25. The van der Waals surface area contributed by atoms with Gasteiger partial charge in [-0.3, -0.25) is 9.78 Å². The van der Waals surface area contributed by atoms with Gasteiger partial charge in [-0.25, -0.2) is 4.79 Å². The fraction of sp³-hybridized carbons (Fsp3) is 0.304. The zero-order valence-electron chi connectivity index (χ0n) is 16.7. The number of carbonyl (C=O) groups is 2. The summed E-state index contributed by atoms with van der Waals surface area (Å²) >= 11 is 0. The number of nitriles is 1. The molecule has 0 saturated heterocycles. The van der Waals surface area contributed by atoms with E-state index < -0.39 is 5.97 Å². The highest BCUT2D eigenvalue weighted by Crippen LogP contribution is 2.22. The first-order chi connectivity index (χ1) is 14.0. The lowest BCUT2D eigenvalue weighted by molar-refractivity contribution is -0.132. The van der Waals surface area contributed by atoms with Crippen molar-refractivity contribution in [2.75, 3.05) is 0 Å². The second kappa shape index (κ2) is 10.8. The maximum atomic E-state index is 11.9. The lowest BCUT2D eigenvalue weighted by atomic mass is 10.00. The van der Waals surface area contributed by atoms with Crippen LogP contribution in [0.4, 0.5) is 0 Å². The Balaban J connectivity index is 2.33. The van der Waals surface area contributed by atoms with Crippen molar-refractivity contribution >= 4 is 11.9 Å². The molecule has 0 aliphatic carbocycles. The number of nitrogens with zero attached hydrogens (tertiary/aromatic N) is 2. The molecule has 6 nitrogen and oxygen atoms in total. The lowest BCUT2D eigenvalue weighted by Gasteiger charge is -2.14. The molecule has 29 heavy (non-hydrogen) atoms. The van der Waals surface area contributed by atoms with E-state index in [4.69, 9.17) is 0 Å². The summed E-state index contributed by atoms with van der Waals surface area (Å²) in [5.41, 5.74) is 3.27. The molecule has 0 radical (unpaired) electrons. The maximum absolute atomic E-state index is 11.9. The molecule has 0 aliphatic heterocycles. The van der Waals surface area contributed by atoms with Crippen LogP contribution < -0.4 is 5.32 Å². The van der Waals surface area contributed by atoms with Gasteiger partial charge in [0.05, 0.1) is 22.9 Å². The van der Waals surface area contributed by atoms with Gasteiger partial charge in [-0.2, -0.15) is 5.26 Å². The van der Waals surface area contributed by atoms with Gasteiger partial charge in [-0.15, -0.1) is 0 Å². The van der Waals surface area contributed by atoms with Crippen LogP contribution in [-0.4, -0.2) is 22.0 Å². The molecule has 0 aliphatic rings. The molecule has 2 rings (SSSR count). The van der Waals surface area contributed by atoms with E-state index in [0.717, 1.165) is 24.0 Å². The molecule has 0 unspecified atom stereocenters. The van der Waals surface area contributed by atoms with Crippen LogP contribution >= 0.6 is 0 Å². The quantitative estimate of drug-likeness (QED) is 0.623. The highest BCUT2D eigenvalue weighted by Gasteiger charge is 2.17. The number of pyridine rings is 1. The smallest absolute Gasteiger partial charge is 0.333 e. The largest absolute Gasteiger partial charge is 0.478 e. The number of hydrogen-bond donors (Lipinski definition) is 2. The number of rotatable bonds is 9. The Bertz CT molecular complexity index is 941. The number of benzene rings is 1. The van der Waals surface area contributed by atoms with Gasteiger partial charge in [0.1, 0.15) is 0 Å². The average molecular weight is 391 g/mol. The van der Waals surface area contributed by atoms with E-state index >= 15 is 0 Å². The molecular weight excluding hydrogens is 366 g/mol. The molecule has 2 N–H and O–H groups in total. The normalized spacial score (nSPS) is 11.3. The van der Waals surface area contributed by atoms with E-state index in [2.05, 4.69) is 16.4 Å². The lowest BCUT2D eigenvalue weighted by Crippen LogP contribution is -2.25. The van der Waals surface area contributed by atoms with Crippen LogP contribution in [0.1, 0.15) is 50.7 Å². The minimum atomic E-state index is -1.05. The van der Waals surface area contributed by atoms with Crippen LogP contribution in [0.5, 0.6) is 0 Å². The fourth-order valence-electron chi connectivity index (χ4n) is 2.91. The Kier molecular flexibility index (Phi) is 8.11. The number of allylic oxidation sites excluding steroid dienone is 1. The van der Waals surface area contributed by atoms with Crippen LogP contribution in [0.15, 0.2) is 53.9 Å². The number of aromatic nitrogens is 1. The predicted molar refractivity (Wildman–Crippen MR) is 111 cm³/mol. The Hall–Kier alpha value is -3.46. The monoisotopic (exact) mass is 391 g/mol. The van der Waals surface area contributed by atoms with Gasteiger partial charge in [0.15, 0.2) is 0 Å². The van der Waals surface area contributed by atoms with E-state index in [1.807, 2.05) is 19.1 Å². The van der Waals surface area contributed by atoms with E-state index in [-0.39, 0.29) is 24.3 Å². The van der Waals surface area contributed by atoms with Crippen molar-refractivity contribution in [3.8, 4) is 17.3 Å². The SMILES string of the molecule is CCCCC(NC(=O)CC)=C(Cc1ccc(-c2ccccc2C#N)nc1)C(=O)O. The standard InChI is InChI=1S/C23H25N3O3/c1-3-5-10-21(26-22(27)4-2)19(23(28)29)13-16-11-12-20(25-15-16)18-9-7-6-8-17(18)14-24/h6-9,11-12,15H,3-5,10,13H2,1-2H3,(H,26,27)(H,28,29). The topological polar surface area (TPSA) is 103 Å². The van der Waals surface area contributed by atoms with Gasteiger partial charge in [-0.05, 0) is 30.5 Å². The van der Waals surface area contributed by atoms with Crippen LogP contribution in [0, 0.1) is 11.3 Å². The number of amides is 1. The number of aliphatic carboxylic acids is 1. The minimum Gasteiger partial charge on any atom is -0.478 e. The molecule has 0 saturated carbocycles. The maximum Gasteiger partial charge on any atom is 0.333 e. The molecule has 0 bridgehead atoms. The number of unbranched alkanes of at least 4 members (excludes halogenated alkanes) is 1. The first kappa shape index (κ1) is 21.8. The second-order valence-electron chi connectivity index (χ2n) is 6.65. The van der Waals surface area contributed by atoms with E-state index in [9.17, 15) is 20.0 Å². The van der Waals surface area contributed by atoms with Crippen molar-refractivity contribution in [3.63, 3.8) is 0 Å². The van der Waals surface area contributed by atoms with E-state index in [1.165, 1.54) is 0 Å². The molecule has 1 heterocycles. The van der Waals surface area contributed by atoms with Crippen LogP contribution in [0.2, 0.25) is 0 Å². The number of carboxylic acids is 1. The molecule has 2 aromatic rings. The Morgan fingerprint density at radius 3 is 2.52 bits per heavy atom. The summed E-state index contributed by atoms with van der Waals surface area (Å²) in [5, 5.41) is 21.7. The number of hydrogen-bond acceptors (Lipinski definition) is 4. The summed E-state index contributed by atoms with van der Waals surface area (Å²) < 4.78 is 0. The van der Waals surface area contributed by atoms with Gasteiger partial charge in [0, 0.05) is 30.3 Å². The van der Waals surface area contributed by atoms with Crippen LogP contribution in [0.25, 0.3) is 11.3 Å². The van der Waals surface area contributed by atoms with Crippen LogP contribution in [0.3, 0.4) is 0 Å². The Labute approximate surface area is 170 Å². The first-order valence-corrected chi connectivity index (χ1v) is 9.69. The fourth-order valence-corrected chi connectivity index (χ4v) is 2.91. The zero-order valence-corrected chi connectivity index (χ0v) is 16.7. The molecule has 150 valence electrons. The number of carbonyl (C=O) groups excluding carboxylic acids is 1. The van der Waals surface area contributed by atoms with Crippen molar-refractivity contribution < 1.29 is 14.7 Å². The van der Waals surface area contributed by atoms with Gasteiger partial charge in [0.25, 0.3) is 0 Å². The first-order valence-electron chi connectivity index (χ1n) is 9.69. The summed E-state index contributed by atoms with van der Waals surface area (Å²) in [6, 6.07) is 12.9. The molecule has 1 aromatic heterocycles. The van der Waals surface area contributed by atoms with Crippen LogP contribution in [-0.2, 0) is 16.0 Å². The van der Waals surface area contributed by atoms with Gasteiger partial charge in [0.2, 0.25) is 5.91 Å². The molecule has 0 atom stereocenters. The molecular formula is C23H25N3O3. The Morgan fingerprint density at radius 2 is 1.93 bits per heavy atom. The zero-order chi connectivity index (χ0) is 21.2. The van der Waals surface area contributed by atoms with Crippen molar-refractivity contribution in [1.29, 1.82) is 5.26 Å². The summed E-state index contributed by atoms with van der Waals surface area (Å²) in [7, 11) is 0. The molecule has 0 fully saturated rings. The minimum absolute atomic E-state index is 0.158. The van der Waals surface area contributed by atoms with Crippen molar-refractivity contribution in [2.24, 2.45) is 0 Å². The number of nitrogens with one attached hydrogen (secondary N) is 1. The molecule has 6 heteroatoms. The van der Waals surface area contributed by atoms with E-state index in [1.54, 1.807) is 37.4 Å². The van der Waals surface area contributed by atoms with Gasteiger partial charge >= 0.3 is 5.97 Å². The highest BCUT2D eigenvalue weighted by atomic mass is 16.4. The third kappa shape index (κ3) is 6.01. The van der Waals surface area contributed by atoms with Crippen molar-refractivity contribution in [1.82, 2.24) is 10.3 Å². The second-order valence-corrected chi connectivity index (χ2v) is 6.65.